The van der Waals surface area contributed by atoms with E-state index in [-0.39, 0.29) is 31.2 Å². The third kappa shape index (κ3) is 5.19. The number of hydrogen-bond donors (Lipinski definition) is 3. The number of amidine groups is 2. The highest BCUT2D eigenvalue weighted by molar-refractivity contribution is 7.18. The summed E-state index contributed by atoms with van der Waals surface area (Å²) in [6, 6.07) is 9.17. The predicted octanol–water partition coefficient (Wildman–Crippen LogP) is 4.31. The number of nitrogens with zero attached hydrogens (tertiary/aromatic N) is 6. The van der Waals surface area contributed by atoms with Gasteiger partial charge in [0.25, 0.3) is 0 Å². The summed E-state index contributed by atoms with van der Waals surface area (Å²) in [6.07, 6.45) is -2.92. The Morgan fingerprint density at radius 2 is 1.66 bits per heavy atom. The lowest BCUT2D eigenvalue weighted by molar-refractivity contribution is -0.0671. The van der Waals surface area contributed by atoms with E-state index in [1.807, 2.05) is 17.0 Å². The second-order valence-corrected chi connectivity index (χ2v) is 10.5. The van der Waals surface area contributed by atoms with E-state index in [4.69, 9.17) is 20.8 Å². The molecule has 2 aromatic heterocycles. The van der Waals surface area contributed by atoms with Gasteiger partial charge in [-0.3, -0.25) is 10.8 Å². The number of nitrogens with one attached hydrogen (secondary N) is 2. The van der Waals surface area contributed by atoms with Crippen molar-refractivity contribution < 1.29 is 18.3 Å². The molecule has 3 aromatic rings. The van der Waals surface area contributed by atoms with E-state index >= 15 is 0 Å². The monoisotopic (exact) mass is 546 g/mol. The molecule has 0 amide bonds. The SMILES string of the molecule is CCCc1cc2c(N3CCN(C(=N)C(F)(F)F)C(=N)C3)nc(N3CCN(c4ccc(O)cc4)CC3)nc2s1. The maximum absolute atomic E-state index is 13.1. The number of phenolic OH excluding ortho intramolecular Hbond substituents is 1. The number of alkyl halides is 3. The number of aryl methyl sites for hydroxylation is 1. The minimum absolute atomic E-state index is 0.0718. The van der Waals surface area contributed by atoms with Gasteiger partial charge in [0.15, 0.2) is 0 Å². The minimum atomic E-state index is -4.80. The summed E-state index contributed by atoms with van der Waals surface area (Å²) in [5.41, 5.74) is 1.03. The molecule has 0 unspecified atom stereocenters. The lowest BCUT2D eigenvalue weighted by Gasteiger charge is -2.38. The topological polar surface area (TPSA) is 107 Å². The molecule has 0 saturated carbocycles. The Kier molecular flexibility index (Phi) is 7.03. The summed E-state index contributed by atoms with van der Waals surface area (Å²) in [4.78, 5) is 18.6. The Hall–Kier alpha value is -3.61. The summed E-state index contributed by atoms with van der Waals surface area (Å²) in [6.45, 7) is 4.99. The van der Waals surface area contributed by atoms with E-state index in [0.717, 1.165) is 41.8 Å². The average molecular weight is 547 g/mol. The Labute approximate surface area is 222 Å². The Balaban J connectivity index is 1.40. The molecule has 5 rings (SSSR count). The van der Waals surface area contributed by atoms with Crippen LogP contribution < -0.4 is 14.7 Å². The second-order valence-electron chi connectivity index (χ2n) is 9.39. The van der Waals surface area contributed by atoms with Crippen LogP contribution in [0.1, 0.15) is 18.2 Å². The van der Waals surface area contributed by atoms with Gasteiger partial charge in [0.2, 0.25) is 11.8 Å². The van der Waals surface area contributed by atoms with Gasteiger partial charge in [-0.05, 0) is 36.8 Å². The maximum atomic E-state index is 13.1. The predicted molar refractivity (Wildman–Crippen MR) is 144 cm³/mol. The molecule has 3 N–H and O–H groups in total. The highest BCUT2D eigenvalue weighted by Gasteiger charge is 2.41. The van der Waals surface area contributed by atoms with Gasteiger partial charge in [-0.2, -0.15) is 18.2 Å². The van der Waals surface area contributed by atoms with Crippen molar-refractivity contribution in [3.63, 3.8) is 0 Å². The van der Waals surface area contributed by atoms with Crippen LogP contribution in [0.25, 0.3) is 10.2 Å². The molecule has 38 heavy (non-hydrogen) atoms. The van der Waals surface area contributed by atoms with Crippen LogP contribution in [0.4, 0.5) is 30.6 Å². The van der Waals surface area contributed by atoms with Gasteiger partial charge in [0.1, 0.15) is 22.2 Å². The first-order valence-corrected chi connectivity index (χ1v) is 13.3. The molecular formula is C25H29F3N8OS. The molecule has 0 radical (unpaired) electrons. The number of aromatic hydroxyl groups is 1. The number of halogens is 3. The van der Waals surface area contributed by atoms with Crippen molar-refractivity contribution in [2.45, 2.75) is 25.9 Å². The fourth-order valence-corrected chi connectivity index (χ4v) is 5.93. The number of thiophene rings is 1. The number of phenols is 1. The van der Waals surface area contributed by atoms with Crippen LogP contribution >= 0.6 is 11.3 Å². The van der Waals surface area contributed by atoms with Crippen molar-refractivity contribution in [1.29, 1.82) is 10.8 Å². The zero-order valence-electron chi connectivity index (χ0n) is 20.9. The molecule has 0 atom stereocenters. The molecule has 9 nitrogen and oxygen atoms in total. The lowest BCUT2D eigenvalue weighted by Crippen LogP contribution is -2.55. The zero-order chi connectivity index (χ0) is 27.0. The largest absolute Gasteiger partial charge is 0.508 e. The maximum Gasteiger partial charge on any atom is 0.449 e. The van der Waals surface area contributed by atoms with Crippen LogP contribution in [-0.2, 0) is 6.42 Å². The van der Waals surface area contributed by atoms with Crippen molar-refractivity contribution in [3.8, 4) is 5.75 Å². The molecule has 202 valence electrons. The Morgan fingerprint density at radius 3 is 2.29 bits per heavy atom. The molecule has 2 aliphatic heterocycles. The first-order valence-electron chi connectivity index (χ1n) is 12.5. The minimum Gasteiger partial charge on any atom is -0.508 e. The Bertz CT molecular complexity index is 1330. The van der Waals surface area contributed by atoms with Crippen molar-refractivity contribution in [2.24, 2.45) is 0 Å². The zero-order valence-corrected chi connectivity index (χ0v) is 21.7. The third-order valence-electron chi connectivity index (χ3n) is 6.78. The van der Waals surface area contributed by atoms with Crippen molar-refractivity contribution in [1.82, 2.24) is 14.9 Å². The first kappa shape index (κ1) is 26.0. The summed E-state index contributed by atoms with van der Waals surface area (Å²) < 4.78 is 39.3. The molecule has 13 heteroatoms. The number of rotatable bonds is 5. The Morgan fingerprint density at radius 1 is 1.00 bits per heavy atom. The molecular weight excluding hydrogens is 517 g/mol. The number of aromatic nitrogens is 2. The third-order valence-corrected chi connectivity index (χ3v) is 7.87. The van der Waals surface area contributed by atoms with Gasteiger partial charge < -0.3 is 24.7 Å². The van der Waals surface area contributed by atoms with Gasteiger partial charge in [0.05, 0.1) is 11.9 Å². The molecule has 4 heterocycles. The number of anilines is 3. The van der Waals surface area contributed by atoms with E-state index in [0.29, 0.717) is 29.8 Å². The fraction of sp³-hybridized carbons (Fsp3) is 0.440. The van der Waals surface area contributed by atoms with Crippen LogP contribution in [0, 0.1) is 10.8 Å². The summed E-state index contributed by atoms with van der Waals surface area (Å²) in [5.74, 6) is -0.377. The van der Waals surface area contributed by atoms with Gasteiger partial charge in [-0.25, -0.2) is 4.98 Å². The molecule has 1 aromatic carbocycles. The van der Waals surface area contributed by atoms with Crippen molar-refractivity contribution >= 4 is 50.7 Å². The van der Waals surface area contributed by atoms with Crippen LogP contribution in [0.5, 0.6) is 5.75 Å². The number of hydrogen-bond acceptors (Lipinski definition) is 9. The molecule has 0 aliphatic carbocycles. The normalized spacial score (nSPS) is 17.0. The van der Waals surface area contributed by atoms with E-state index in [9.17, 15) is 18.3 Å². The van der Waals surface area contributed by atoms with E-state index in [1.165, 1.54) is 4.88 Å². The molecule has 2 saturated heterocycles. The van der Waals surface area contributed by atoms with E-state index < -0.39 is 12.0 Å². The standard InChI is InChI=1S/C25H29F3N8OS/c1-2-3-18-14-19-21(35-12-13-36(20(29)15-35)23(30)25(26,27)28)31-24(32-22(19)38-18)34-10-8-33(9-11-34)16-4-6-17(37)7-5-16/h4-7,14,29-30,37H,2-3,8-13,15H2,1H3. The lowest BCUT2D eigenvalue weighted by atomic mass is 10.2. The van der Waals surface area contributed by atoms with Crippen molar-refractivity contribution in [2.75, 3.05) is 60.5 Å². The van der Waals surface area contributed by atoms with Crippen LogP contribution in [0.3, 0.4) is 0 Å². The van der Waals surface area contributed by atoms with Gasteiger partial charge in [0, 0.05) is 49.8 Å². The summed E-state index contributed by atoms with van der Waals surface area (Å²) in [5, 5.41) is 26.1. The quantitative estimate of drug-likeness (QED) is 0.323. The summed E-state index contributed by atoms with van der Waals surface area (Å²) in [7, 11) is 0. The van der Waals surface area contributed by atoms with Crippen molar-refractivity contribution in [3.05, 3.63) is 35.2 Å². The molecule has 0 bridgehead atoms. The molecule has 0 spiro atoms. The molecule has 2 fully saturated rings. The highest BCUT2D eigenvalue weighted by atomic mass is 32.1. The van der Waals surface area contributed by atoms with E-state index in [1.54, 1.807) is 23.5 Å². The van der Waals surface area contributed by atoms with Gasteiger partial charge in [-0.15, -0.1) is 11.3 Å². The number of piperazine rings is 2. The first-order chi connectivity index (χ1) is 18.1. The smallest absolute Gasteiger partial charge is 0.449 e. The fourth-order valence-electron chi connectivity index (χ4n) is 4.81. The van der Waals surface area contributed by atoms with Crippen LogP contribution in [0.2, 0.25) is 0 Å². The molecule has 2 aliphatic rings. The van der Waals surface area contributed by atoms with Gasteiger partial charge in [-0.1, -0.05) is 13.3 Å². The van der Waals surface area contributed by atoms with Gasteiger partial charge >= 0.3 is 6.18 Å². The van der Waals surface area contributed by atoms with E-state index in [2.05, 4.69) is 22.8 Å². The summed E-state index contributed by atoms with van der Waals surface area (Å²) >= 11 is 1.60. The number of benzene rings is 1. The second kappa shape index (κ2) is 10.3. The van der Waals surface area contributed by atoms with Crippen LogP contribution in [-0.4, -0.2) is 83.6 Å². The van der Waals surface area contributed by atoms with Crippen LogP contribution in [0.15, 0.2) is 30.3 Å². The number of fused-ring (bicyclic) bond motifs is 1. The average Bonchev–Trinajstić information content (AvgIpc) is 3.30. The highest BCUT2D eigenvalue weighted by Crippen LogP contribution is 2.35.